The molecule has 0 radical (unpaired) electrons. The maximum Gasteiger partial charge on any atom is 0.408 e. The number of rotatable bonds is 9. The standard InChI is InChI=1S/C20H29N5O5S/c1-20(2,3)30-19(27)25-16(10-4-5-13-23-31(21,28)29)18(26)24-15-11-6-8-14-9-7-12-22-17(14)15/h6-9,11-12,16,23H,4-5,10,13H2,1-3H3,(H,24,26)(H,25,27)(H2,21,28,29)/t16-/m0/s1. The number of benzene rings is 1. The Bertz CT molecular complexity index is 1010. The number of hydrogen-bond acceptors (Lipinski definition) is 6. The molecule has 2 rings (SSSR count). The van der Waals surface area contributed by atoms with E-state index in [1.54, 1.807) is 45.2 Å². The van der Waals surface area contributed by atoms with Crippen LogP contribution in [0.1, 0.15) is 40.0 Å². The van der Waals surface area contributed by atoms with Gasteiger partial charge in [0.25, 0.3) is 10.2 Å². The van der Waals surface area contributed by atoms with Crippen molar-refractivity contribution in [3.63, 3.8) is 0 Å². The molecular formula is C20H29N5O5S. The molecule has 0 aliphatic heterocycles. The van der Waals surface area contributed by atoms with Gasteiger partial charge in [-0.25, -0.2) is 14.7 Å². The van der Waals surface area contributed by atoms with Gasteiger partial charge in [0.15, 0.2) is 0 Å². The maximum absolute atomic E-state index is 12.9. The first-order valence-corrected chi connectivity index (χ1v) is 11.4. The van der Waals surface area contributed by atoms with Crippen LogP contribution in [0.2, 0.25) is 0 Å². The molecule has 0 fully saturated rings. The van der Waals surface area contributed by atoms with Crippen molar-refractivity contribution in [2.45, 2.75) is 51.7 Å². The summed E-state index contributed by atoms with van der Waals surface area (Å²) in [6.45, 7) is 5.31. The Balaban J connectivity index is 2.08. The summed E-state index contributed by atoms with van der Waals surface area (Å²) in [5.41, 5.74) is 0.436. The third-order valence-corrected chi connectivity index (χ3v) is 4.73. The number of carbonyl (C=O) groups excluding carboxylic acids is 2. The molecule has 0 bridgehead atoms. The number of ether oxygens (including phenoxy) is 1. The van der Waals surface area contributed by atoms with Crippen molar-refractivity contribution >= 4 is 38.8 Å². The minimum absolute atomic E-state index is 0.132. The molecule has 11 heteroatoms. The van der Waals surface area contributed by atoms with E-state index in [9.17, 15) is 18.0 Å². The highest BCUT2D eigenvalue weighted by Gasteiger charge is 2.24. The lowest BCUT2D eigenvalue weighted by Gasteiger charge is -2.23. The van der Waals surface area contributed by atoms with Crippen LogP contribution in [-0.2, 0) is 19.7 Å². The largest absolute Gasteiger partial charge is 0.444 e. The van der Waals surface area contributed by atoms with Gasteiger partial charge in [-0.1, -0.05) is 18.2 Å². The third-order valence-electron chi connectivity index (χ3n) is 4.12. The predicted molar refractivity (Wildman–Crippen MR) is 118 cm³/mol. The molecule has 0 spiro atoms. The summed E-state index contributed by atoms with van der Waals surface area (Å²) in [5, 5.41) is 11.2. The number of para-hydroxylation sites is 1. The van der Waals surface area contributed by atoms with E-state index in [4.69, 9.17) is 9.88 Å². The van der Waals surface area contributed by atoms with Crippen LogP contribution in [0.25, 0.3) is 10.9 Å². The van der Waals surface area contributed by atoms with Gasteiger partial charge < -0.3 is 15.4 Å². The molecule has 1 atom stereocenters. The van der Waals surface area contributed by atoms with Crippen LogP contribution in [0, 0.1) is 0 Å². The average Bonchev–Trinajstić information content (AvgIpc) is 2.64. The second kappa shape index (κ2) is 10.5. The molecular weight excluding hydrogens is 422 g/mol. The summed E-state index contributed by atoms with van der Waals surface area (Å²) in [6, 6.07) is 8.21. The van der Waals surface area contributed by atoms with Gasteiger partial charge in [-0.15, -0.1) is 0 Å². The number of carbonyl (C=O) groups is 2. The second-order valence-corrected chi connectivity index (χ2v) is 9.38. The number of amides is 2. The lowest BCUT2D eigenvalue weighted by Crippen LogP contribution is -2.45. The summed E-state index contributed by atoms with van der Waals surface area (Å²) in [5.74, 6) is -0.427. The Morgan fingerprint density at radius 3 is 2.55 bits per heavy atom. The summed E-state index contributed by atoms with van der Waals surface area (Å²) < 4.78 is 29.3. The van der Waals surface area contributed by atoms with E-state index < -0.39 is 33.9 Å². The SMILES string of the molecule is CC(C)(C)OC(=O)N[C@@H](CCCCNS(N)(=O)=O)C(=O)Nc1cccc2cccnc12. The molecule has 10 nitrogen and oxygen atoms in total. The third kappa shape index (κ3) is 8.87. The van der Waals surface area contributed by atoms with Crippen LogP contribution in [-0.4, -0.2) is 43.6 Å². The van der Waals surface area contributed by atoms with E-state index in [-0.39, 0.29) is 13.0 Å². The predicted octanol–water partition coefficient (Wildman–Crippen LogP) is 2.03. The Kier molecular flexibility index (Phi) is 8.31. The highest BCUT2D eigenvalue weighted by Crippen LogP contribution is 2.21. The van der Waals surface area contributed by atoms with Crippen LogP contribution in [0.4, 0.5) is 10.5 Å². The van der Waals surface area contributed by atoms with Crippen molar-refractivity contribution in [3.8, 4) is 0 Å². The molecule has 2 amide bonds. The average molecular weight is 452 g/mol. The fourth-order valence-electron chi connectivity index (χ4n) is 2.83. The number of aromatic nitrogens is 1. The molecule has 5 N–H and O–H groups in total. The lowest BCUT2D eigenvalue weighted by molar-refractivity contribution is -0.118. The smallest absolute Gasteiger partial charge is 0.408 e. The number of nitrogens with one attached hydrogen (secondary N) is 3. The molecule has 1 aromatic heterocycles. The number of nitrogens with zero attached hydrogens (tertiary/aromatic N) is 1. The first-order valence-electron chi connectivity index (χ1n) is 9.86. The monoisotopic (exact) mass is 451 g/mol. The normalized spacial score (nSPS) is 12.9. The number of unbranched alkanes of at least 4 members (excludes halogenated alkanes) is 1. The summed E-state index contributed by atoms with van der Waals surface area (Å²) in [6.07, 6.45) is 2.09. The molecule has 0 aliphatic rings. The van der Waals surface area contributed by atoms with Crippen molar-refractivity contribution in [3.05, 3.63) is 36.5 Å². The Labute approximate surface area is 182 Å². The molecule has 0 unspecified atom stereocenters. The van der Waals surface area contributed by atoms with E-state index >= 15 is 0 Å². The van der Waals surface area contributed by atoms with E-state index in [0.29, 0.717) is 24.0 Å². The van der Waals surface area contributed by atoms with Gasteiger partial charge in [0.05, 0.1) is 11.2 Å². The van der Waals surface area contributed by atoms with Gasteiger partial charge >= 0.3 is 6.09 Å². The fourth-order valence-corrected chi connectivity index (χ4v) is 3.26. The van der Waals surface area contributed by atoms with E-state index in [1.165, 1.54) is 0 Å². The zero-order valence-electron chi connectivity index (χ0n) is 17.8. The number of alkyl carbamates (subject to hydrolysis) is 1. The first-order chi connectivity index (χ1) is 14.4. The molecule has 31 heavy (non-hydrogen) atoms. The van der Waals surface area contributed by atoms with Gasteiger partial charge in [-0.3, -0.25) is 9.78 Å². The Morgan fingerprint density at radius 2 is 1.87 bits per heavy atom. The van der Waals surface area contributed by atoms with Gasteiger partial charge in [0.2, 0.25) is 5.91 Å². The number of anilines is 1. The van der Waals surface area contributed by atoms with Crippen LogP contribution in [0.3, 0.4) is 0 Å². The van der Waals surface area contributed by atoms with Crippen LogP contribution in [0.15, 0.2) is 36.5 Å². The van der Waals surface area contributed by atoms with Gasteiger partial charge in [0, 0.05) is 18.1 Å². The van der Waals surface area contributed by atoms with Crippen molar-refractivity contribution in [1.29, 1.82) is 0 Å². The molecule has 1 heterocycles. The highest BCUT2D eigenvalue weighted by molar-refractivity contribution is 7.87. The highest BCUT2D eigenvalue weighted by atomic mass is 32.2. The second-order valence-electron chi connectivity index (χ2n) is 8.00. The number of pyridine rings is 1. The van der Waals surface area contributed by atoms with E-state index in [1.807, 2.05) is 12.1 Å². The van der Waals surface area contributed by atoms with Crippen LogP contribution >= 0.6 is 0 Å². The van der Waals surface area contributed by atoms with Crippen LogP contribution in [0.5, 0.6) is 0 Å². The first kappa shape index (κ1) is 24.5. The van der Waals surface area contributed by atoms with Crippen LogP contribution < -0.4 is 20.5 Å². The van der Waals surface area contributed by atoms with E-state index in [2.05, 4.69) is 20.3 Å². The molecule has 0 saturated carbocycles. The zero-order valence-corrected chi connectivity index (χ0v) is 18.7. The van der Waals surface area contributed by atoms with Gasteiger partial charge in [-0.05, 0) is 52.2 Å². The molecule has 170 valence electrons. The lowest BCUT2D eigenvalue weighted by atomic mass is 10.1. The van der Waals surface area contributed by atoms with Gasteiger partial charge in [0.1, 0.15) is 11.6 Å². The molecule has 2 aromatic rings. The fraction of sp³-hybridized carbons (Fsp3) is 0.450. The van der Waals surface area contributed by atoms with E-state index in [0.717, 1.165) is 5.39 Å². The molecule has 0 saturated heterocycles. The van der Waals surface area contributed by atoms with Crippen molar-refractivity contribution in [2.75, 3.05) is 11.9 Å². The number of nitrogens with two attached hydrogens (primary N) is 1. The quantitative estimate of drug-likeness (QED) is 0.428. The number of hydrogen-bond donors (Lipinski definition) is 4. The van der Waals surface area contributed by atoms with Crippen molar-refractivity contribution in [1.82, 2.24) is 15.0 Å². The summed E-state index contributed by atoms with van der Waals surface area (Å²) in [4.78, 5) is 29.5. The van der Waals surface area contributed by atoms with Crippen molar-refractivity contribution < 1.29 is 22.7 Å². The molecule has 0 aliphatic carbocycles. The Hall–Kier alpha value is -2.76. The topological polar surface area (TPSA) is 153 Å². The Morgan fingerprint density at radius 1 is 1.16 bits per heavy atom. The number of fused-ring (bicyclic) bond motifs is 1. The maximum atomic E-state index is 12.9. The minimum Gasteiger partial charge on any atom is -0.444 e. The van der Waals surface area contributed by atoms with Crippen molar-refractivity contribution in [2.24, 2.45) is 5.14 Å². The van der Waals surface area contributed by atoms with Gasteiger partial charge in [-0.2, -0.15) is 8.42 Å². The minimum atomic E-state index is -3.77. The zero-order chi connectivity index (χ0) is 23.1. The summed E-state index contributed by atoms with van der Waals surface area (Å²) in [7, 11) is -3.77. The summed E-state index contributed by atoms with van der Waals surface area (Å²) >= 11 is 0. The molecule has 1 aromatic carbocycles.